The average Bonchev–Trinajstić information content (AvgIpc) is 2.38. The van der Waals surface area contributed by atoms with E-state index in [1.54, 1.807) is 0 Å². The van der Waals surface area contributed by atoms with Crippen LogP contribution in [0.3, 0.4) is 0 Å². The highest BCUT2D eigenvalue weighted by molar-refractivity contribution is 9.10. The van der Waals surface area contributed by atoms with Crippen molar-refractivity contribution in [3.63, 3.8) is 0 Å². The fourth-order valence-electron chi connectivity index (χ4n) is 2.58. The Morgan fingerprint density at radius 1 is 0.950 bits per heavy atom. The number of halogens is 3. The van der Waals surface area contributed by atoms with Gasteiger partial charge in [0.15, 0.2) is 0 Å². The Labute approximate surface area is 137 Å². The summed E-state index contributed by atoms with van der Waals surface area (Å²) < 4.78 is 1.12. The van der Waals surface area contributed by atoms with Crippen LogP contribution in [0.1, 0.15) is 24.3 Å². The molecule has 2 aromatic rings. The molecule has 104 valence electrons. The van der Waals surface area contributed by atoms with Crippen molar-refractivity contribution in [2.24, 2.45) is 0 Å². The van der Waals surface area contributed by atoms with Crippen LogP contribution in [-0.2, 0) is 0 Å². The second-order valence-electron chi connectivity index (χ2n) is 5.16. The zero-order valence-electron chi connectivity index (χ0n) is 10.7. The quantitative estimate of drug-likeness (QED) is 0.686. The van der Waals surface area contributed by atoms with E-state index in [4.69, 9.17) is 23.2 Å². The van der Waals surface area contributed by atoms with Crippen LogP contribution in [0.25, 0.3) is 0 Å². The minimum absolute atomic E-state index is 0.445. The molecule has 4 heteroatoms. The molecule has 0 spiro atoms. The van der Waals surface area contributed by atoms with Gasteiger partial charge in [-0.3, -0.25) is 0 Å². The number of nitrogens with one attached hydrogen (secondary N) is 1. The molecule has 1 N–H and O–H groups in total. The molecular weight excluding hydrogens is 357 g/mol. The van der Waals surface area contributed by atoms with Crippen molar-refractivity contribution in [2.75, 3.05) is 5.32 Å². The van der Waals surface area contributed by atoms with Crippen LogP contribution in [0.4, 0.5) is 5.69 Å². The average molecular weight is 371 g/mol. The van der Waals surface area contributed by atoms with Gasteiger partial charge in [-0.05, 0) is 48.6 Å². The monoisotopic (exact) mass is 369 g/mol. The number of hydrogen-bond acceptors (Lipinski definition) is 1. The van der Waals surface area contributed by atoms with Crippen LogP contribution in [0.2, 0.25) is 10.0 Å². The van der Waals surface area contributed by atoms with Gasteiger partial charge in [-0.15, -0.1) is 0 Å². The molecule has 1 aliphatic carbocycles. The summed E-state index contributed by atoms with van der Waals surface area (Å²) in [5.41, 5.74) is 2.26. The summed E-state index contributed by atoms with van der Waals surface area (Å²) in [4.78, 5) is 0. The molecule has 0 bridgehead atoms. The predicted octanol–water partition coefficient (Wildman–Crippen LogP) is 6.11. The molecule has 2 aromatic carbocycles. The van der Waals surface area contributed by atoms with Crippen LogP contribution >= 0.6 is 39.1 Å². The van der Waals surface area contributed by atoms with Crippen molar-refractivity contribution in [1.29, 1.82) is 0 Å². The van der Waals surface area contributed by atoms with Crippen LogP contribution in [0.15, 0.2) is 46.9 Å². The minimum atomic E-state index is 0.445. The van der Waals surface area contributed by atoms with E-state index in [1.165, 1.54) is 5.56 Å². The van der Waals surface area contributed by atoms with Crippen molar-refractivity contribution < 1.29 is 0 Å². The Bertz CT molecular complexity index is 586. The fraction of sp³-hybridized carbons (Fsp3) is 0.250. The highest BCUT2D eigenvalue weighted by Gasteiger charge is 2.30. The number of benzene rings is 2. The summed E-state index contributed by atoms with van der Waals surface area (Å²) >= 11 is 15.8. The van der Waals surface area contributed by atoms with Gasteiger partial charge in [0.25, 0.3) is 0 Å². The van der Waals surface area contributed by atoms with E-state index < -0.39 is 0 Å². The Balaban J connectivity index is 1.62. The van der Waals surface area contributed by atoms with Crippen molar-refractivity contribution in [3.8, 4) is 0 Å². The van der Waals surface area contributed by atoms with Gasteiger partial charge in [-0.2, -0.15) is 0 Å². The Hall–Kier alpha value is -0.700. The number of para-hydroxylation sites is 1. The van der Waals surface area contributed by atoms with Crippen LogP contribution in [-0.4, -0.2) is 6.04 Å². The SMILES string of the molecule is Clc1cccc(Cl)c1NC1CC(c2ccc(Br)cc2)C1. The Kier molecular flexibility index (Phi) is 4.25. The first-order chi connectivity index (χ1) is 9.63. The van der Waals surface area contributed by atoms with Crippen LogP contribution < -0.4 is 5.32 Å². The Morgan fingerprint density at radius 3 is 2.15 bits per heavy atom. The van der Waals surface area contributed by atoms with Crippen molar-refractivity contribution in [2.45, 2.75) is 24.8 Å². The molecule has 1 saturated carbocycles. The fourth-order valence-corrected chi connectivity index (χ4v) is 3.35. The summed E-state index contributed by atoms with van der Waals surface area (Å²) in [6, 6.07) is 14.6. The lowest BCUT2D eigenvalue weighted by Crippen LogP contribution is -2.34. The molecule has 0 aliphatic heterocycles. The van der Waals surface area contributed by atoms with E-state index in [2.05, 4.69) is 45.5 Å². The van der Waals surface area contributed by atoms with E-state index in [9.17, 15) is 0 Å². The van der Waals surface area contributed by atoms with Gasteiger partial charge in [-0.25, -0.2) is 0 Å². The van der Waals surface area contributed by atoms with E-state index in [0.717, 1.165) is 23.0 Å². The standard InChI is InChI=1S/C16H14BrCl2N/c17-12-6-4-10(5-7-12)11-8-13(9-11)20-16-14(18)2-1-3-15(16)19/h1-7,11,13,20H,8-9H2. The first-order valence-corrected chi connectivity index (χ1v) is 8.14. The van der Waals surface area contributed by atoms with Crippen LogP contribution in [0, 0.1) is 0 Å². The van der Waals surface area contributed by atoms with Crippen LogP contribution in [0.5, 0.6) is 0 Å². The summed E-state index contributed by atoms with van der Waals surface area (Å²) in [6.45, 7) is 0. The molecule has 3 rings (SSSR count). The number of hydrogen-bond donors (Lipinski definition) is 1. The lowest BCUT2D eigenvalue weighted by atomic mass is 9.76. The van der Waals surface area contributed by atoms with Gasteiger partial charge < -0.3 is 5.32 Å². The molecule has 0 radical (unpaired) electrons. The van der Waals surface area contributed by atoms with Gasteiger partial charge in [0.2, 0.25) is 0 Å². The molecule has 0 saturated heterocycles. The molecule has 1 fully saturated rings. The molecule has 0 heterocycles. The van der Waals surface area contributed by atoms with E-state index in [0.29, 0.717) is 22.0 Å². The highest BCUT2D eigenvalue weighted by atomic mass is 79.9. The first-order valence-electron chi connectivity index (χ1n) is 6.59. The largest absolute Gasteiger partial charge is 0.380 e. The van der Waals surface area contributed by atoms with Gasteiger partial charge in [-0.1, -0.05) is 57.3 Å². The molecule has 0 unspecified atom stereocenters. The van der Waals surface area contributed by atoms with Gasteiger partial charge >= 0.3 is 0 Å². The zero-order chi connectivity index (χ0) is 14.1. The maximum atomic E-state index is 6.17. The molecule has 0 atom stereocenters. The minimum Gasteiger partial charge on any atom is -0.380 e. The molecular formula is C16H14BrCl2N. The van der Waals surface area contributed by atoms with Gasteiger partial charge in [0, 0.05) is 10.5 Å². The summed E-state index contributed by atoms with van der Waals surface area (Å²) in [7, 11) is 0. The van der Waals surface area contributed by atoms with Crippen molar-refractivity contribution in [1.82, 2.24) is 0 Å². The maximum absolute atomic E-state index is 6.17. The van der Waals surface area contributed by atoms with E-state index in [1.807, 2.05) is 18.2 Å². The summed E-state index contributed by atoms with van der Waals surface area (Å²) in [5.74, 6) is 0.627. The molecule has 20 heavy (non-hydrogen) atoms. The molecule has 1 nitrogen and oxygen atoms in total. The normalized spacial score (nSPS) is 21.4. The predicted molar refractivity (Wildman–Crippen MR) is 90.0 cm³/mol. The third-order valence-electron chi connectivity index (χ3n) is 3.79. The van der Waals surface area contributed by atoms with Crippen molar-refractivity contribution >= 4 is 44.8 Å². The third-order valence-corrected chi connectivity index (χ3v) is 4.95. The van der Waals surface area contributed by atoms with E-state index in [-0.39, 0.29) is 0 Å². The highest BCUT2D eigenvalue weighted by Crippen LogP contribution is 2.41. The van der Waals surface area contributed by atoms with E-state index >= 15 is 0 Å². The molecule has 0 aromatic heterocycles. The van der Waals surface area contributed by atoms with Gasteiger partial charge in [0.05, 0.1) is 15.7 Å². The second-order valence-corrected chi connectivity index (χ2v) is 6.89. The number of rotatable bonds is 3. The lowest BCUT2D eigenvalue weighted by Gasteiger charge is -2.37. The molecule has 0 amide bonds. The van der Waals surface area contributed by atoms with Gasteiger partial charge in [0.1, 0.15) is 0 Å². The third kappa shape index (κ3) is 2.98. The topological polar surface area (TPSA) is 12.0 Å². The lowest BCUT2D eigenvalue weighted by molar-refractivity contribution is 0.374. The smallest absolute Gasteiger partial charge is 0.0721 e. The summed E-state index contributed by atoms with van der Waals surface area (Å²) in [5, 5.41) is 4.82. The summed E-state index contributed by atoms with van der Waals surface area (Å²) in [6.07, 6.45) is 2.23. The Morgan fingerprint density at radius 2 is 1.55 bits per heavy atom. The first kappa shape index (κ1) is 14.2. The molecule has 1 aliphatic rings. The second kappa shape index (κ2) is 5.97. The number of anilines is 1. The maximum Gasteiger partial charge on any atom is 0.0721 e. The van der Waals surface area contributed by atoms with Crippen molar-refractivity contribution in [3.05, 3.63) is 62.5 Å². The zero-order valence-corrected chi connectivity index (χ0v) is 13.8.